The maximum atomic E-state index is 12.4. The van der Waals surface area contributed by atoms with Crippen LogP contribution in [0.1, 0.15) is 22.5 Å². The molecule has 0 aromatic carbocycles. The van der Waals surface area contributed by atoms with Gasteiger partial charge in [0.1, 0.15) is 0 Å². The van der Waals surface area contributed by atoms with E-state index in [0.29, 0.717) is 12.2 Å². The van der Waals surface area contributed by atoms with Crippen molar-refractivity contribution in [3.8, 4) is 0 Å². The van der Waals surface area contributed by atoms with Crippen molar-refractivity contribution in [3.05, 3.63) is 48.0 Å². The number of aromatic nitrogens is 3. The lowest BCUT2D eigenvalue weighted by atomic mass is 9.92. The van der Waals surface area contributed by atoms with Crippen LogP contribution in [0.15, 0.2) is 36.8 Å². The molecule has 0 bridgehead atoms. The number of ether oxygens (including phenoxy) is 1. The van der Waals surface area contributed by atoms with E-state index in [4.69, 9.17) is 4.74 Å². The highest BCUT2D eigenvalue weighted by atomic mass is 32.2. The van der Waals surface area contributed by atoms with Crippen molar-refractivity contribution in [2.45, 2.75) is 23.9 Å². The molecule has 0 unspecified atom stereocenters. The van der Waals surface area contributed by atoms with Crippen LogP contribution in [0, 0.1) is 0 Å². The van der Waals surface area contributed by atoms with Crippen LogP contribution in [0.4, 0.5) is 0 Å². The lowest BCUT2D eigenvalue weighted by molar-refractivity contribution is 0.0245. The topological polar surface area (TPSA) is 60.2 Å². The van der Waals surface area contributed by atoms with Crippen molar-refractivity contribution in [1.29, 1.82) is 0 Å². The van der Waals surface area contributed by atoms with E-state index in [1.807, 2.05) is 41.9 Å². The molecule has 0 aliphatic carbocycles. The predicted octanol–water partition coefficient (Wildman–Crippen LogP) is 1.73. The summed E-state index contributed by atoms with van der Waals surface area (Å²) in [5, 5.41) is 4.07. The predicted molar refractivity (Wildman–Crippen MR) is 91.7 cm³/mol. The van der Waals surface area contributed by atoms with E-state index < -0.39 is 0 Å². The van der Waals surface area contributed by atoms with Gasteiger partial charge in [-0.2, -0.15) is 5.10 Å². The number of amides is 1. The van der Waals surface area contributed by atoms with E-state index in [9.17, 15) is 4.79 Å². The molecular formula is C17H20N4O2S. The molecule has 2 aromatic rings. The van der Waals surface area contributed by atoms with Crippen molar-refractivity contribution in [2.24, 2.45) is 7.05 Å². The Bertz CT molecular complexity index is 727. The number of thioether (sulfide) groups is 1. The van der Waals surface area contributed by atoms with Gasteiger partial charge in [0, 0.05) is 38.3 Å². The molecule has 2 aliphatic rings. The quantitative estimate of drug-likeness (QED) is 0.845. The zero-order valence-corrected chi connectivity index (χ0v) is 14.4. The maximum Gasteiger partial charge on any atom is 0.257 e. The summed E-state index contributed by atoms with van der Waals surface area (Å²) in [5.41, 5.74) is 1.63. The minimum Gasteiger partial charge on any atom is -0.371 e. The second-order valence-corrected chi connectivity index (χ2v) is 8.00. The number of aryl methyl sites for hydroxylation is 1. The van der Waals surface area contributed by atoms with Crippen molar-refractivity contribution in [1.82, 2.24) is 19.7 Å². The molecule has 1 atom stereocenters. The average molecular weight is 344 g/mol. The van der Waals surface area contributed by atoms with E-state index in [0.717, 1.165) is 31.0 Å². The number of hydrogen-bond acceptors (Lipinski definition) is 5. The number of likely N-dealkylation sites (tertiary alicyclic amines) is 1. The summed E-state index contributed by atoms with van der Waals surface area (Å²) in [6.07, 6.45) is 6.44. The third kappa shape index (κ3) is 3.06. The second kappa shape index (κ2) is 6.22. The third-order valence-electron chi connectivity index (χ3n) is 4.57. The molecular weight excluding hydrogens is 324 g/mol. The summed E-state index contributed by atoms with van der Waals surface area (Å²) < 4.78 is 7.84. The number of pyridine rings is 1. The Hall–Kier alpha value is -1.86. The van der Waals surface area contributed by atoms with Gasteiger partial charge in [0.2, 0.25) is 0 Å². The van der Waals surface area contributed by atoms with Crippen LogP contribution < -0.4 is 0 Å². The molecule has 0 N–H and O–H groups in total. The maximum absolute atomic E-state index is 12.4. The second-order valence-electron chi connectivity index (χ2n) is 6.52. The first kappa shape index (κ1) is 15.7. The highest BCUT2D eigenvalue weighted by Crippen LogP contribution is 2.46. The minimum atomic E-state index is 0.0761. The molecule has 2 fully saturated rings. The third-order valence-corrected chi connectivity index (χ3v) is 6.14. The molecule has 4 rings (SSSR count). The first-order chi connectivity index (χ1) is 11.6. The summed E-state index contributed by atoms with van der Waals surface area (Å²) in [6, 6.07) is 5.87. The lowest BCUT2D eigenvalue weighted by Crippen LogP contribution is -2.60. The Morgan fingerprint density at radius 3 is 3.04 bits per heavy atom. The van der Waals surface area contributed by atoms with Crippen LogP contribution in [0.5, 0.6) is 0 Å². The Morgan fingerprint density at radius 2 is 2.33 bits per heavy atom. The van der Waals surface area contributed by atoms with Gasteiger partial charge in [-0.3, -0.25) is 14.5 Å². The van der Waals surface area contributed by atoms with Crippen molar-refractivity contribution >= 4 is 17.7 Å². The summed E-state index contributed by atoms with van der Waals surface area (Å²) in [7, 11) is 1.82. The van der Waals surface area contributed by atoms with Gasteiger partial charge in [-0.1, -0.05) is 6.07 Å². The fourth-order valence-corrected chi connectivity index (χ4v) is 4.88. The average Bonchev–Trinajstić information content (AvgIpc) is 3.18. The van der Waals surface area contributed by atoms with Crippen LogP contribution >= 0.6 is 11.8 Å². The number of carbonyl (C=O) groups excluding carboxylic acids is 1. The monoisotopic (exact) mass is 344 g/mol. The van der Waals surface area contributed by atoms with Gasteiger partial charge in [-0.05, 0) is 18.6 Å². The summed E-state index contributed by atoms with van der Waals surface area (Å²) in [6.45, 7) is 2.16. The van der Waals surface area contributed by atoms with Gasteiger partial charge < -0.3 is 9.64 Å². The van der Waals surface area contributed by atoms with Gasteiger partial charge >= 0.3 is 0 Å². The number of rotatable bonds is 4. The normalized spacial score (nSPS) is 21.9. The molecule has 1 amide bonds. The van der Waals surface area contributed by atoms with Gasteiger partial charge in [0.15, 0.2) is 0 Å². The smallest absolute Gasteiger partial charge is 0.257 e. The fraction of sp³-hybridized carbons (Fsp3) is 0.471. The first-order valence-corrected chi connectivity index (χ1v) is 9.06. The molecule has 7 heteroatoms. The van der Waals surface area contributed by atoms with Crippen LogP contribution in [0.2, 0.25) is 0 Å². The zero-order chi connectivity index (χ0) is 16.6. The Labute approximate surface area is 145 Å². The van der Waals surface area contributed by atoms with Gasteiger partial charge in [-0.25, -0.2) is 0 Å². The van der Waals surface area contributed by atoms with E-state index in [1.54, 1.807) is 23.3 Å². The molecule has 2 saturated heterocycles. The number of nitrogens with zero attached hydrogens (tertiary/aromatic N) is 4. The number of carbonyl (C=O) groups is 1. The minimum absolute atomic E-state index is 0.0761. The molecule has 24 heavy (non-hydrogen) atoms. The highest BCUT2D eigenvalue weighted by molar-refractivity contribution is 8.01. The Kier molecular flexibility index (Phi) is 4.05. The van der Waals surface area contributed by atoms with E-state index in [-0.39, 0.29) is 16.8 Å². The molecule has 4 heterocycles. The SMILES string of the molecule is Cn1cc(C(=O)N2CC3(C[C@@H](OCc4ccccn4)CS3)C2)cn1. The van der Waals surface area contributed by atoms with Gasteiger partial charge in [-0.15, -0.1) is 11.8 Å². The van der Waals surface area contributed by atoms with Crippen molar-refractivity contribution in [2.75, 3.05) is 18.8 Å². The lowest BCUT2D eigenvalue weighted by Gasteiger charge is -2.47. The van der Waals surface area contributed by atoms with E-state index in [1.165, 1.54) is 0 Å². The fourth-order valence-electron chi connectivity index (χ4n) is 3.32. The Morgan fingerprint density at radius 1 is 1.46 bits per heavy atom. The standard InChI is InChI=1S/C17H20N4O2S/c1-20-8-13(7-19-20)16(22)21-11-17(12-21)6-15(10-24-17)23-9-14-4-2-3-5-18-14/h2-5,7-8,15H,6,9-12H2,1H3/t15-/m1/s1. The summed E-state index contributed by atoms with van der Waals surface area (Å²) in [5.74, 6) is 1.06. The van der Waals surface area contributed by atoms with Crippen molar-refractivity contribution < 1.29 is 9.53 Å². The molecule has 2 aromatic heterocycles. The molecule has 0 saturated carbocycles. The molecule has 6 nitrogen and oxygen atoms in total. The molecule has 1 spiro atoms. The zero-order valence-electron chi connectivity index (χ0n) is 13.6. The largest absolute Gasteiger partial charge is 0.371 e. The van der Waals surface area contributed by atoms with Crippen molar-refractivity contribution in [3.63, 3.8) is 0 Å². The molecule has 0 radical (unpaired) electrons. The van der Waals surface area contributed by atoms with Crippen LogP contribution in [0.3, 0.4) is 0 Å². The molecule has 126 valence electrons. The van der Waals surface area contributed by atoms with Crippen LogP contribution in [0.25, 0.3) is 0 Å². The first-order valence-electron chi connectivity index (χ1n) is 8.07. The van der Waals surface area contributed by atoms with Gasteiger partial charge in [0.05, 0.1) is 34.9 Å². The highest BCUT2D eigenvalue weighted by Gasteiger charge is 2.51. The van der Waals surface area contributed by atoms with E-state index >= 15 is 0 Å². The van der Waals surface area contributed by atoms with E-state index in [2.05, 4.69) is 10.1 Å². The molecule has 2 aliphatic heterocycles. The van der Waals surface area contributed by atoms with Crippen LogP contribution in [-0.2, 0) is 18.4 Å². The van der Waals surface area contributed by atoms with Crippen LogP contribution in [-0.4, -0.2) is 55.3 Å². The Balaban J connectivity index is 1.28. The van der Waals surface area contributed by atoms with Gasteiger partial charge in [0.25, 0.3) is 5.91 Å². The summed E-state index contributed by atoms with van der Waals surface area (Å²) >= 11 is 1.94. The summed E-state index contributed by atoms with van der Waals surface area (Å²) in [4.78, 5) is 18.6. The number of hydrogen-bond donors (Lipinski definition) is 0.